The molecule has 9 heteroatoms. The lowest BCUT2D eigenvalue weighted by Gasteiger charge is -2.06. The molecule has 0 atom stereocenters. The van der Waals surface area contributed by atoms with Crippen LogP contribution in [0.3, 0.4) is 0 Å². The predicted octanol–water partition coefficient (Wildman–Crippen LogP) is 5.15. The van der Waals surface area contributed by atoms with Crippen molar-refractivity contribution < 1.29 is 17.6 Å². The Kier molecular flexibility index (Phi) is 6.92. The number of nitrogens with one attached hydrogen (secondary N) is 1. The Labute approximate surface area is 180 Å². The highest BCUT2D eigenvalue weighted by atomic mass is 79.9. The Morgan fingerprint density at radius 1 is 1.04 bits per heavy atom. The molecule has 0 radical (unpaired) electrons. The Hall–Kier alpha value is -1.68. The van der Waals surface area contributed by atoms with Crippen molar-refractivity contribution in [3.63, 3.8) is 0 Å². The summed E-state index contributed by atoms with van der Waals surface area (Å²) in [6, 6.07) is 13.7. The van der Waals surface area contributed by atoms with E-state index in [9.17, 15) is 8.42 Å². The molecule has 148 valence electrons. The first kappa shape index (κ1) is 21.0. The molecule has 0 bridgehead atoms. The summed E-state index contributed by atoms with van der Waals surface area (Å²) in [5, 5.41) is 2.90. The van der Waals surface area contributed by atoms with Crippen LogP contribution in [0.5, 0.6) is 0 Å². The smallest absolute Gasteiger partial charge is 0.233 e. The Morgan fingerprint density at radius 3 is 2.25 bits per heavy atom. The number of ether oxygens (including phenoxy) is 1. The SMILES string of the molecule is COCCCNc1oc(-c2ccc(Br)cc2)nc1S(=O)(=O)c1ccc(Br)cc1. The van der Waals surface area contributed by atoms with Crippen LogP contribution >= 0.6 is 31.9 Å². The highest BCUT2D eigenvalue weighted by Gasteiger charge is 2.28. The zero-order valence-corrected chi connectivity index (χ0v) is 19.0. The highest BCUT2D eigenvalue weighted by Crippen LogP contribution is 2.33. The summed E-state index contributed by atoms with van der Waals surface area (Å²) in [5.74, 6) is 0.356. The van der Waals surface area contributed by atoms with E-state index in [1.54, 1.807) is 31.4 Å². The van der Waals surface area contributed by atoms with Crippen molar-refractivity contribution in [1.82, 2.24) is 4.98 Å². The average molecular weight is 530 g/mol. The van der Waals surface area contributed by atoms with Crippen molar-refractivity contribution in [3.05, 3.63) is 57.5 Å². The molecule has 0 amide bonds. The Bertz CT molecular complexity index is 1030. The number of nitrogens with zero attached hydrogens (tertiary/aromatic N) is 1. The maximum absolute atomic E-state index is 13.1. The molecule has 0 aliphatic heterocycles. The number of aromatic nitrogens is 1. The molecule has 3 aromatic rings. The highest BCUT2D eigenvalue weighted by molar-refractivity contribution is 9.10. The molecule has 0 saturated carbocycles. The normalized spacial score (nSPS) is 11.5. The topological polar surface area (TPSA) is 81.4 Å². The Morgan fingerprint density at radius 2 is 1.64 bits per heavy atom. The lowest BCUT2D eigenvalue weighted by Crippen LogP contribution is -2.09. The van der Waals surface area contributed by atoms with Crippen LogP contribution in [0.25, 0.3) is 11.5 Å². The quantitative estimate of drug-likeness (QED) is 0.406. The monoisotopic (exact) mass is 528 g/mol. The molecule has 0 saturated heterocycles. The van der Waals surface area contributed by atoms with Gasteiger partial charge >= 0.3 is 0 Å². The lowest BCUT2D eigenvalue weighted by atomic mass is 10.2. The van der Waals surface area contributed by atoms with Crippen LogP contribution in [0.4, 0.5) is 5.88 Å². The van der Waals surface area contributed by atoms with Gasteiger partial charge in [0, 0.05) is 34.8 Å². The number of hydrogen-bond acceptors (Lipinski definition) is 6. The summed E-state index contributed by atoms with van der Waals surface area (Å²) in [7, 11) is -2.24. The van der Waals surface area contributed by atoms with E-state index < -0.39 is 9.84 Å². The minimum absolute atomic E-state index is 0.122. The van der Waals surface area contributed by atoms with E-state index in [1.165, 1.54) is 12.1 Å². The van der Waals surface area contributed by atoms with Crippen molar-refractivity contribution in [2.24, 2.45) is 0 Å². The fourth-order valence-electron chi connectivity index (χ4n) is 2.46. The maximum Gasteiger partial charge on any atom is 0.233 e. The zero-order valence-electron chi connectivity index (χ0n) is 15.0. The summed E-state index contributed by atoms with van der Waals surface area (Å²) in [6.07, 6.45) is 0.697. The zero-order chi connectivity index (χ0) is 20.1. The minimum Gasteiger partial charge on any atom is -0.419 e. The maximum atomic E-state index is 13.1. The number of sulfone groups is 1. The van der Waals surface area contributed by atoms with E-state index in [0.29, 0.717) is 25.1 Å². The van der Waals surface area contributed by atoms with Crippen LogP contribution < -0.4 is 5.32 Å². The molecule has 28 heavy (non-hydrogen) atoms. The van der Waals surface area contributed by atoms with Crippen molar-refractivity contribution in [1.29, 1.82) is 0 Å². The molecule has 0 aliphatic rings. The molecule has 1 N–H and O–H groups in total. The van der Waals surface area contributed by atoms with Gasteiger partial charge in [0.05, 0.1) is 4.90 Å². The van der Waals surface area contributed by atoms with E-state index in [4.69, 9.17) is 9.15 Å². The molecule has 2 aromatic carbocycles. The van der Waals surface area contributed by atoms with Gasteiger partial charge in [-0.2, -0.15) is 4.98 Å². The van der Waals surface area contributed by atoms with Gasteiger partial charge in [-0.05, 0) is 55.0 Å². The van der Waals surface area contributed by atoms with Crippen molar-refractivity contribution in [3.8, 4) is 11.5 Å². The third-order valence-corrected chi connectivity index (χ3v) is 6.61. The summed E-state index contributed by atoms with van der Waals surface area (Å²) >= 11 is 6.70. The third kappa shape index (κ3) is 4.83. The van der Waals surface area contributed by atoms with Gasteiger partial charge in [-0.1, -0.05) is 31.9 Å². The summed E-state index contributed by atoms with van der Waals surface area (Å²) in [4.78, 5) is 4.45. The number of oxazole rings is 1. The molecular formula is C19H18Br2N2O4S. The molecule has 0 fully saturated rings. The predicted molar refractivity (Wildman–Crippen MR) is 114 cm³/mol. The molecule has 0 aliphatic carbocycles. The minimum atomic E-state index is -3.85. The summed E-state index contributed by atoms with van der Waals surface area (Å²) in [5.41, 5.74) is 0.681. The van der Waals surface area contributed by atoms with Crippen LogP contribution in [-0.4, -0.2) is 33.7 Å². The molecule has 0 unspecified atom stereocenters. The second kappa shape index (κ2) is 9.21. The van der Waals surface area contributed by atoms with Crippen LogP contribution in [0.2, 0.25) is 0 Å². The number of hydrogen-bond donors (Lipinski definition) is 1. The first-order valence-electron chi connectivity index (χ1n) is 8.42. The van der Waals surface area contributed by atoms with Crippen molar-refractivity contribution in [2.75, 3.05) is 25.6 Å². The van der Waals surface area contributed by atoms with E-state index in [-0.39, 0.29) is 21.7 Å². The number of anilines is 1. The van der Waals surface area contributed by atoms with Crippen LogP contribution in [0.1, 0.15) is 6.42 Å². The molecular weight excluding hydrogens is 512 g/mol. The van der Waals surface area contributed by atoms with Gasteiger partial charge in [0.2, 0.25) is 26.6 Å². The summed E-state index contributed by atoms with van der Waals surface area (Å²) < 4.78 is 38.8. The first-order valence-corrected chi connectivity index (χ1v) is 11.5. The van der Waals surface area contributed by atoms with E-state index in [1.807, 2.05) is 12.1 Å². The number of halogens is 2. The Balaban J connectivity index is 2.01. The van der Waals surface area contributed by atoms with Gasteiger partial charge in [0.15, 0.2) is 0 Å². The molecule has 6 nitrogen and oxygen atoms in total. The third-order valence-electron chi connectivity index (χ3n) is 3.88. The molecule has 0 spiro atoms. The lowest BCUT2D eigenvalue weighted by molar-refractivity contribution is 0.197. The van der Waals surface area contributed by atoms with E-state index in [2.05, 4.69) is 42.2 Å². The summed E-state index contributed by atoms with van der Waals surface area (Å²) in [6.45, 7) is 1.04. The van der Waals surface area contributed by atoms with E-state index in [0.717, 1.165) is 8.95 Å². The average Bonchev–Trinajstić information content (AvgIpc) is 3.11. The molecule has 1 heterocycles. The standard InChI is InChI=1S/C19H18Br2N2O4S/c1-26-12-2-11-22-18-19(28(24,25)16-9-7-15(21)8-10-16)23-17(27-18)13-3-5-14(20)6-4-13/h3-10,22H,2,11-12H2,1H3. The molecule has 3 rings (SSSR count). The first-order chi connectivity index (χ1) is 13.4. The van der Waals surface area contributed by atoms with Gasteiger partial charge in [0.1, 0.15) is 0 Å². The van der Waals surface area contributed by atoms with E-state index >= 15 is 0 Å². The van der Waals surface area contributed by atoms with Gasteiger partial charge < -0.3 is 14.5 Å². The van der Waals surface area contributed by atoms with Crippen molar-refractivity contribution >= 4 is 47.6 Å². The van der Waals surface area contributed by atoms with Crippen LogP contribution in [0, 0.1) is 0 Å². The van der Waals surface area contributed by atoms with Gasteiger partial charge in [-0.15, -0.1) is 0 Å². The second-order valence-electron chi connectivity index (χ2n) is 5.89. The fourth-order valence-corrected chi connectivity index (χ4v) is 4.27. The van der Waals surface area contributed by atoms with Crippen LogP contribution in [-0.2, 0) is 14.6 Å². The second-order valence-corrected chi connectivity index (χ2v) is 9.59. The molecule has 1 aromatic heterocycles. The van der Waals surface area contributed by atoms with Gasteiger partial charge in [-0.3, -0.25) is 0 Å². The number of methoxy groups -OCH3 is 1. The fraction of sp³-hybridized carbons (Fsp3) is 0.211. The number of rotatable bonds is 8. The van der Waals surface area contributed by atoms with Crippen LogP contribution in [0.15, 0.2) is 71.8 Å². The van der Waals surface area contributed by atoms with Gasteiger partial charge in [-0.25, -0.2) is 8.42 Å². The van der Waals surface area contributed by atoms with Crippen molar-refractivity contribution in [2.45, 2.75) is 16.3 Å². The van der Waals surface area contributed by atoms with Gasteiger partial charge in [0.25, 0.3) is 0 Å². The number of benzene rings is 2. The largest absolute Gasteiger partial charge is 0.419 e.